The summed E-state index contributed by atoms with van der Waals surface area (Å²) in [6, 6.07) is 82.0. The van der Waals surface area contributed by atoms with Crippen LogP contribution in [0.5, 0.6) is 0 Å². The molecule has 0 spiro atoms. The molecule has 2 atom stereocenters. The number of nitrogens with zero attached hydrogens (tertiary/aromatic N) is 2. The first-order valence-electron chi connectivity index (χ1n) is 20.6. The molecule has 0 saturated carbocycles. The van der Waals surface area contributed by atoms with Crippen molar-refractivity contribution in [1.82, 2.24) is 0 Å². The number of allylic oxidation sites excluding steroid dienone is 4. The SMILES string of the molecule is C1=CC2C3=C(c4ccccc4C2C=C1N(c1ccccc1)c1ccccc1)c1ccc(N(c2ccccc2)c2ccccc2)cc1C3(c1ccccc1)c1ccccc1. The van der Waals surface area contributed by atoms with Gasteiger partial charge in [-0.1, -0.05) is 176 Å². The number of hydrogen-bond acceptors (Lipinski definition) is 2. The molecule has 0 bridgehead atoms. The fourth-order valence-electron chi connectivity index (χ4n) is 10.1. The molecule has 0 aliphatic heterocycles. The first-order chi connectivity index (χ1) is 29.3. The lowest BCUT2D eigenvalue weighted by Crippen LogP contribution is -2.36. The van der Waals surface area contributed by atoms with E-state index in [-0.39, 0.29) is 11.8 Å². The van der Waals surface area contributed by atoms with E-state index in [0.29, 0.717) is 0 Å². The van der Waals surface area contributed by atoms with E-state index < -0.39 is 5.41 Å². The highest BCUT2D eigenvalue weighted by Crippen LogP contribution is 2.64. The summed E-state index contributed by atoms with van der Waals surface area (Å²) in [4.78, 5) is 4.80. The molecule has 3 aliphatic carbocycles. The maximum absolute atomic E-state index is 2.54. The van der Waals surface area contributed by atoms with Gasteiger partial charge >= 0.3 is 0 Å². The summed E-state index contributed by atoms with van der Waals surface area (Å²) in [7, 11) is 0. The lowest BCUT2D eigenvalue weighted by molar-refractivity contribution is 0.566. The predicted octanol–water partition coefficient (Wildman–Crippen LogP) is 14.3. The van der Waals surface area contributed by atoms with Crippen LogP contribution in [0.3, 0.4) is 0 Å². The molecule has 2 heteroatoms. The van der Waals surface area contributed by atoms with Crippen molar-refractivity contribution in [3.63, 3.8) is 0 Å². The standard InChI is InChI=1S/C57H42N2/c1-7-21-41(22-8-1)57(42-23-9-2-10-24-42)54-40-48(59(45-29-15-5-16-30-45)46-31-17-6-18-32-46)36-38-52(54)55-50-34-20-19-33-49(50)53-39-47(35-37-51(53)56(55)57)58(43-25-11-3-12-26-43)44-27-13-4-14-28-44/h1-40,51,53H. The molecule has 0 radical (unpaired) electrons. The van der Waals surface area contributed by atoms with E-state index in [0.717, 1.165) is 28.4 Å². The monoisotopic (exact) mass is 754 g/mol. The van der Waals surface area contributed by atoms with E-state index >= 15 is 0 Å². The molecule has 0 N–H and O–H groups in total. The quantitative estimate of drug-likeness (QED) is 0.152. The summed E-state index contributed by atoms with van der Waals surface area (Å²) >= 11 is 0. The fraction of sp³-hybridized carbons (Fsp3) is 0.0526. The molecule has 8 aromatic carbocycles. The van der Waals surface area contributed by atoms with Crippen LogP contribution < -0.4 is 9.80 Å². The van der Waals surface area contributed by atoms with Gasteiger partial charge < -0.3 is 9.80 Å². The second kappa shape index (κ2) is 14.5. The van der Waals surface area contributed by atoms with Crippen molar-refractivity contribution in [2.24, 2.45) is 5.92 Å². The number of rotatable bonds is 8. The van der Waals surface area contributed by atoms with Crippen molar-refractivity contribution in [3.8, 4) is 0 Å². The molecule has 0 aromatic heterocycles. The van der Waals surface area contributed by atoms with Crippen LogP contribution in [0.25, 0.3) is 5.57 Å². The second-order valence-electron chi connectivity index (χ2n) is 15.6. The first-order valence-corrected chi connectivity index (χ1v) is 20.6. The molecule has 59 heavy (non-hydrogen) atoms. The lowest BCUT2D eigenvalue weighted by Gasteiger charge is -2.44. The Kier molecular flexibility index (Phi) is 8.56. The molecule has 0 heterocycles. The predicted molar refractivity (Wildman–Crippen MR) is 245 cm³/mol. The number of hydrogen-bond donors (Lipinski definition) is 0. The number of anilines is 5. The molecule has 280 valence electrons. The Morgan fingerprint density at radius 3 is 1.36 bits per heavy atom. The molecule has 2 nitrogen and oxygen atoms in total. The zero-order chi connectivity index (χ0) is 39.2. The highest BCUT2D eigenvalue weighted by molar-refractivity contribution is 5.98. The van der Waals surface area contributed by atoms with Crippen molar-refractivity contribution in [2.75, 3.05) is 9.80 Å². The van der Waals surface area contributed by atoms with Crippen molar-refractivity contribution < 1.29 is 0 Å². The Balaban J connectivity index is 1.18. The molecular weight excluding hydrogens is 713 g/mol. The van der Waals surface area contributed by atoms with Crippen molar-refractivity contribution in [1.29, 1.82) is 0 Å². The number of para-hydroxylation sites is 4. The Morgan fingerprint density at radius 1 is 0.373 bits per heavy atom. The van der Waals surface area contributed by atoms with Crippen LogP contribution >= 0.6 is 0 Å². The van der Waals surface area contributed by atoms with Crippen LogP contribution in [0.2, 0.25) is 0 Å². The third kappa shape index (κ3) is 5.63. The highest BCUT2D eigenvalue weighted by Gasteiger charge is 2.54. The maximum atomic E-state index is 2.54. The fourth-order valence-corrected chi connectivity index (χ4v) is 10.1. The Labute approximate surface area is 347 Å². The van der Waals surface area contributed by atoms with Gasteiger partial charge in [-0.25, -0.2) is 0 Å². The third-order valence-corrected chi connectivity index (χ3v) is 12.5. The average Bonchev–Trinajstić information content (AvgIpc) is 3.63. The van der Waals surface area contributed by atoms with E-state index in [1.54, 1.807) is 0 Å². The van der Waals surface area contributed by atoms with Gasteiger partial charge in [0.1, 0.15) is 0 Å². The molecule has 2 unspecified atom stereocenters. The van der Waals surface area contributed by atoms with Crippen molar-refractivity contribution >= 4 is 34.0 Å². The number of fused-ring (bicyclic) bond motifs is 7. The van der Waals surface area contributed by atoms with E-state index in [4.69, 9.17) is 0 Å². The summed E-state index contributed by atoms with van der Waals surface area (Å²) in [6.07, 6.45) is 7.42. The minimum atomic E-state index is -0.576. The Bertz CT molecular complexity index is 2740. The van der Waals surface area contributed by atoms with E-state index in [2.05, 4.69) is 252 Å². The van der Waals surface area contributed by atoms with Gasteiger partial charge in [0.25, 0.3) is 0 Å². The normalized spacial score (nSPS) is 16.9. The Morgan fingerprint density at radius 2 is 0.831 bits per heavy atom. The molecule has 3 aliphatic rings. The first kappa shape index (κ1) is 34.8. The van der Waals surface area contributed by atoms with Crippen molar-refractivity contribution in [2.45, 2.75) is 11.3 Å². The minimum Gasteiger partial charge on any atom is -0.311 e. The third-order valence-electron chi connectivity index (χ3n) is 12.5. The van der Waals surface area contributed by atoms with Crippen LogP contribution in [-0.2, 0) is 5.41 Å². The maximum Gasteiger partial charge on any atom is 0.0683 e. The van der Waals surface area contributed by atoms with Gasteiger partial charge in [0.2, 0.25) is 0 Å². The lowest BCUT2D eigenvalue weighted by atomic mass is 9.59. The Hall–Kier alpha value is -7.42. The summed E-state index contributed by atoms with van der Waals surface area (Å²) in [5, 5.41) is 0. The summed E-state index contributed by atoms with van der Waals surface area (Å²) in [5.41, 5.74) is 16.9. The second-order valence-corrected chi connectivity index (χ2v) is 15.6. The molecule has 11 rings (SSSR count). The summed E-state index contributed by atoms with van der Waals surface area (Å²) in [5.74, 6) is 0.193. The van der Waals surface area contributed by atoms with Crippen LogP contribution in [0, 0.1) is 5.92 Å². The molecule has 0 fully saturated rings. The largest absolute Gasteiger partial charge is 0.311 e. The van der Waals surface area contributed by atoms with Gasteiger partial charge in [-0.15, -0.1) is 0 Å². The molecule has 0 saturated heterocycles. The van der Waals surface area contributed by atoms with Gasteiger partial charge in [-0.05, 0) is 111 Å². The van der Waals surface area contributed by atoms with Crippen LogP contribution in [-0.4, -0.2) is 0 Å². The van der Waals surface area contributed by atoms with E-state index in [1.165, 1.54) is 50.2 Å². The molecule has 0 amide bonds. The van der Waals surface area contributed by atoms with Crippen LogP contribution in [0.4, 0.5) is 28.4 Å². The number of benzene rings is 8. The molecule has 8 aromatic rings. The van der Waals surface area contributed by atoms with Gasteiger partial charge in [-0.2, -0.15) is 0 Å². The summed E-state index contributed by atoms with van der Waals surface area (Å²) < 4.78 is 0. The van der Waals surface area contributed by atoms with Crippen LogP contribution in [0.1, 0.15) is 39.3 Å². The topological polar surface area (TPSA) is 6.48 Å². The highest BCUT2D eigenvalue weighted by atomic mass is 15.2. The summed E-state index contributed by atoms with van der Waals surface area (Å²) in [6.45, 7) is 0. The van der Waals surface area contributed by atoms with Crippen LogP contribution in [0.15, 0.2) is 254 Å². The van der Waals surface area contributed by atoms with E-state index in [9.17, 15) is 0 Å². The molecular formula is C57H42N2. The zero-order valence-corrected chi connectivity index (χ0v) is 32.6. The van der Waals surface area contributed by atoms with Crippen molar-refractivity contribution in [3.05, 3.63) is 287 Å². The smallest absolute Gasteiger partial charge is 0.0683 e. The van der Waals surface area contributed by atoms with Gasteiger partial charge in [0, 0.05) is 46.0 Å². The van der Waals surface area contributed by atoms with E-state index in [1.807, 2.05) is 0 Å². The average molecular weight is 755 g/mol. The van der Waals surface area contributed by atoms with Gasteiger partial charge in [0.15, 0.2) is 0 Å². The minimum absolute atomic E-state index is 0.0904. The zero-order valence-electron chi connectivity index (χ0n) is 32.6. The van der Waals surface area contributed by atoms with Gasteiger partial charge in [0.05, 0.1) is 5.41 Å². The van der Waals surface area contributed by atoms with Gasteiger partial charge in [-0.3, -0.25) is 0 Å².